The number of hydrogen-bond acceptors (Lipinski definition) is 4. The largest absolute Gasteiger partial charge is 0.322 e. The molecule has 4 rings (SSSR count). The number of allylic oxidation sites excluding steroid dienone is 1. The van der Waals surface area contributed by atoms with Gasteiger partial charge in [0.05, 0.1) is 23.1 Å². The molecule has 1 N–H and O–H groups in total. The standard InChI is InChI=1S/C20H16ClN3O2S/c1-12-17(19(26)23-15-8-3-2-4-9-15)18(13-6-5-7-14(21)10-13)24-16(25)11-27-20(24)22-12/h2-10,18H,11H2,1H3,(H,23,26). The number of para-hydroxylation sites is 1. The molecule has 136 valence electrons. The Balaban J connectivity index is 1.79. The summed E-state index contributed by atoms with van der Waals surface area (Å²) in [7, 11) is 0. The summed E-state index contributed by atoms with van der Waals surface area (Å²) in [4.78, 5) is 31.8. The van der Waals surface area contributed by atoms with Crippen LogP contribution < -0.4 is 5.32 Å². The van der Waals surface area contributed by atoms with Crippen molar-refractivity contribution in [3.63, 3.8) is 0 Å². The normalized spacial score (nSPS) is 19.0. The lowest BCUT2D eigenvalue weighted by Gasteiger charge is -2.33. The van der Waals surface area contributed by atoms with E-state index in [1.807, 2.05) is 42.5 Å². The average Bonchev–Trinajstić information content (AvgIpc) is 3.01. The summed E-state index contributed by atoms with van der Waals surface area (Å²) in [6.45, 7) is 1.80. The van der Waals surface area contributed by atoms with Crippen molar-refractivity contribution in [2.24, 2.45) is 4.99 Å². The van der Waals surface area contributed by atoms with Gasteiger partial charge in [-0.2, -0.15) is 0 Å². The van der Waals surface area contributed by atoms with Crippen LogP contribution in [0.15, 0.2) is 70.9 Å². The summed E-state index contributed by atoms with van der Waals surface area (Å²) in [5.41, 5.74) is 2.51. The highest BCUT2D eigenvalue weighted by Gasteiger charge is 2.42. The number of amides is 2. The van der Waals surface area contributed by atoms with Crippen molar-refractivity contribution < 1.29 is 9.59 Å². The van der Waals surface area contributed by atoms with E-state index in [0.29, 0.717) is 32.9 Å². The van der Waals surface area contributed by atoms with Crippen LogP contribution in [-0.2, 0) is 9.59 Å². The van der Waals surface area contributed by atoms with Gasteiger partial charge in [0.1, 0.15) is 0 Å². The van der Waals surface area contributed by atoms with Gasteiger partial charge in [0, 0.05) is 10.7 Å². The molecule has 2 aromatic rings. The maximum absolute atomic E-state index is 13.1. The van der Waals surface area contributed by atoms with Gasteiger partial charge in [-0.15, -0.1) is 0 Å². The summed E-state index contributed by atoms with van der Waals surface area (Å²) in [5, 5.41) is 4.08. The average molecular weight is 398 g/mol. The first-order valence-electron chi connectivity index (χ1n) is 8.41. The molecule has 2 heterocycles. The van der Waals surface area contributed by atoms with Gasteiger partial charge >= 0.3 is 0 Å². The van der Waals surface area contributed by atoms with Gasteiger partial charge < -0.3 is 5.32 Å². The SMILES string of the molecule is CC1=C(C(=O)Nc2ccccc2)C(c2cccc(Cl)c2)N2C(=O)CSC2=N1. The number of aliphatic imine (C=N–C) groups is 1. The molecule has 0 aliphatic carbocycles. The van der Waals surface area contributed by atoms with E-state index in [1.54, 1.807) is 24.0 Å². The first-order valence-corrected chi connectivity index (χ1v) is 9.77. The molecule has 0 saturated carbocycles. The summed E-state index contributed by atoms with van der Waals surface area (Å²) in [6, 6.07) is 15.9. The van der Waals surface area contributed by atoms with Crippen LogP contribution in [0.25, 0.3) is 0 Å². The predicted octanol–water partition coefficient (Wildman–Crippen LogP) is 4.24. The molecule has 27 heavy (non-hydrogen) atoms. The summed E-state index contributed by atoms with van der Waals surface area (Å²) in [5.74, 6) is -0.0334. The number of fused-ring (bicyclic) bond motifs is 1. The van der Waals surface area contributed by atoms with Crippen molar-refractivity contribution in [3.05, 3.63) is 76.5 Å². The molecule has 1 saturated heterocycles. The van der Waals surface area contributed by atoms with Crippen LogP contribution in [0.2, 0.25) is 5.02 Å². The second kappa shape index (κ2) is 7.21. The zero-order valence-electron chi connectivity index (χ0n) is 14.5. The Hall–Kier alpha value is -2.57. The van der Waals surface area contributed by atoms with E-state index in [2.05, 4.69) is 10.3 Å². The van der Waals surface area contributed by atoms with E-state index in [9.17, 15) is 9.59 Å². The molecule has 1 fully saturated rings. The van der Waals surface area contributed by atoms with E-state index in [1.165, 1.54) is 11.8 Å². The molecular formula is C20H16ClN3O2S. The monoisotopic (exact) mass is 397 g/mol. The number of rotatable bonds is 3. The van der Waals surface area contributed by atoms with Crippen LogP contribution in [0.5, 0.6) is 0 Å². The van der Waals surface area contributed by atoms with Crippen molar-refractivity contribution in [2.45, 2.75) is 13.0 Å². The lowest BCUT2D eigenvalue weighted by molar-refractivity contribution is -0.125. The fourth-order valence-corrected chi connectivity index (χ4v) is 4.38. The third-order valence-electron chi connectivity index (χ3n) is 4.42. The van der Waals surface area contributed by atoms with Gasteiger partial charge in [0.15, 0.2) is 5.17 Å². The lowest BCUT2D eigenvalue weighted by Crippen LogP contribution is -2.40. The number of amidine groups is 1. The van der Waals surface area contributed by atoms with E-state index < -0.39 is 6.04 Å². The maximum atomic E-state index is 13.1. The Bertz CT molecular complexity index is 988. The fraction of sp³-hybridized carbons (Fsp3) is 0.150. The number of carbonyl (C=O) groups excluding carboxylic acids is 2. The number of thioether (sulfide) groups is 1. The van der Waals surface area contributed by atoms with Gasteiger partial charge in [0.2, 0.25) is 5.91 Å². The van der Waals surface area contributed by atoms with Gasteiger partial charge in [-0.3, -0.25) is 14.5 Å². The molecule has 2 aliphatic rings. The first-order chi connectivity index (χ1) is 13.0. The molecule has 0 radical (unpaired) electrons. The molecular weight excluding hydrogens is 382 g/mol. The summed E-state index contributed by atoms with van der Waals surface area (Å²) < 4.78 is 0. The van der Waals surface area contributed by atoms with Crippen LogP contribution >= 0.6 is 23.4 Å². The Morgan fingerprint density at radius 1 is 1.22 bits per heavy atom. The zero-order chi connectivity index (χ0) is 19.0. The third kappa shape index (κ3) is 3.38. The number of anilines is 1. The van der Waals surface area contributed by atoms with Crippen molar-refractivity contribution in [2.75, 3.05) is 11.1 Å². The highest BCUT2D eigenvalue weighted by molar-refractivity contribution is 8.15. The van der Waals surface area contributed by atoms with Crippen molar-refractivity contribution in [1.82, 2.24) is 4.90 Å². The van der Waals surface area contributed by atoms with Crippen molar-refractivity contribution in [3.8, 4) is 0 Å². The topological polar surface area (TPSA) is 61.8 Å². The molecule has 0 spiro atoms. The molecule has 2 amide bonds. The minimum Gasteiger partial charge on any atom is -0.322 e. The van der Waals surface area contributed by atoms with E-state index >= 15 is 0 Å². The number of halogens is 1. The lowest BCUT2D eigenvalue weighted by atomic mass is 9.93. The Kier molecular flexibility index (Phi) is 4.76. The molecule has 1 unspecified atom stereocenters. The minimum absolute atomic E-state index is 0.0683. The van der Waals surface area contributed by atoms with E-state index in [-0.39, 0.29) is 11.8 Å². The number of hydrogen-bond donors (Lipinski definition) is 1. The number of carbonyl (C=O) groups is 2. The molecule has 0 aromatic heterocycles. The van der Waals surface area contributed by atoms with Crippen molar-refractivity contribution in [1.29, 1.82) is 0 Å². The van der Waals surface area contributed by atoms with E-state index in [0.717, 1.165) is 5.56 Å². The van der Waals surface area contributed by atoms with Crippen LogP contribution in [0.1, 0.15) is 18.5 Å². The van der Waals surface area contributed by atoms with Gasteiger partial charge in [0.25, 0.3) is 5.91 Å². The highest BCUT2D eigenvalue weighted by atomic mass is 35.5. The van der Waals surface area contributed by atoms with Gasteiger partial charge in [-0.25, -0.2) is 4.99 Å². The van der Waals surface area contributed by atoms with Crippen LogP contribution in [-0.4, -0.2) is 27.6 Å². The van der Waals surface area contributed by atoms with Crippen molar-refractivity contribution >= 4 is 46.0 Å². The number of benzene rings is 2. The molecule has 1 atom stereocenters. The second-order valence-corrected chi connectivity index (χ2v) is 7.60. The fourth-order valence-electron chi connectivity index (χ4n) is 3.24. The first kappa shape index (κ1) is 17.8. The van der Waals surface area contributed by atoms with Crippen LogP contribution in [0.4, 0.5) is 5.69 Å². The van der Waals surface area contributed by atoms with Gasteiger partial charge in [-0.1, -0.05) is 53.7 Å². The number of nitrogens with one attached hydrogen (secondary N) is 1. The zero-order valence-corrected chi connectivity index (χ0v) is 16.1. The number of nitrogens with zero attached hydrogens (tertiary/aromatic N) is 2. The second-order valence-electron chi connectivity index (χ2n) is 6.22. The summed E-state index contributed by atoms with van der Waals surface area (Å²) >= 11 is 7.57. The van der Waals surface area contributed by atoms with Crippen LogP contribution in [0, 0.1) is 0 Å². The Labute approximate surface area is 166 Å². The minimum atomic E-state index is -0.553. The maximum Gasteiger partial charge on any atom is 0.255 e. The molecule has 7 heteroatoms. The third-order valence-corrected chi connectivity index (χ3v) is 5.60. The predicted molar refractivity (Wildman–Crippen MR) is 109 cm³/mol. The van der Waals surface area contributed by atoms with Crippen LogP contribution in [0.3, 0.4) is 0 Å². The molecule has 2 aromatic carbocycles. The van der Waals surface area contributed by atoms with E-state index in [4.69, 9.17) is 11.6 Å². The van der Waals surface area contributed by atoms with Gasteiger partial charge in [-0.05, 0) is 36.8 Å². The Morgan fingerprint density at radius 2 is 2.00 bits per heavy atom. The Morgan fingerprint density at radius 3 is 2.74 bits per heavy atom. The highest BCUT2D eigenvalue weighted by Crippen LogP contribution is 2.41. The summed E-state index contributed by atoms with van der Waals surface area (Å²) in [6.07, 6.45) is 0. The molecule has 2 aliphatic heterocycles. The molecule has 5 nitrogen and oxygen atoms in total. The smallest absolute Gasteiger partial charge is 0.255 e. The quantitative estimate of drug-likeness (QED) is 0.842. The molecule has 0 bridgehead atoms.